The second kappa shape index (κ2) is 3.31. The Morgan fingerprint density at radius 1 is 1.46 bits per heavy atom. The molecule has 3 heteroatoms. The Bertz CT molecular complexity index is 213. The van der Waals surface area contributed by atoms with E-state index in [1.165, 1.54) is 0 Å². The van der Waals surface area contributed by atoms with Gasteiger partial charge in [-0.25, -0.2) is 0 Å². The van der Waals surface area contributed by atoms with Crippen molar-refractivity contribution in [3.63, 3.8) is 0 Å². The summed E-state index contributed by atoms with van der Waals surface area (Å²) in [7, 11) is 0. The predicted molar refractivity (Wildman–Crippen MR) is 50.2 cm³/mol. The van der Waals surface area contributed by atoms with Crippen molar-refractivity contribution < 1.29 is 9.47 Å². The molecule has 0 aromatic heterocycles. The average Bonchev–Trinajstić information content (AvgIpc) is 2.48. The first-order valence-electron chi connectivity index (χ1n) is 4.89. The number of hydrogen-bond acceptors (Lipinski definition) is 3. The van der Waals surface area contributed by atoms with E-state index in [1.54, 1.807) is 6.26 Å². The van der Waals surface area contributed by atoms with Gasteiger partial charge in [-0.1, -0.05) is 0 Å². The highest BCUT2D eigenvalue weighted by atomic mass is 16.6. The zero-order valence-corrected chi connectivity index (χ0v) is 8.25. The van der Waals surface area contributed by atoms with Gasteiger partial charge in [-0.15, -0.1) is 0 Å². The molecule has 2 aliphatic heterocycles. The van der Waals surface area contributed by atoms with Crippen LogP contribution in [0, 0.1) is 0 Å². The second-order valence-electron chi connectivity index (χ2n) is 4.30. The number of hydrogen-bond donors (Lipinski definition) is 1. The highest BCUT2D eigenvalue weighted by Gasteiger charge is 2.36. The van der Waals surface area contributed by atoms with Gasteiger partial charge in [0.25, 0.3) is 0 Å². The van der Waals surface area contributed by atoms with Crippen LogP contribution in [0.25, 0.3) is 0 Å². The van der Waals surface area contributed by atoms with E-state index in [1.807, 2.05) is 0 Å². The smallest absolute Gasteiger partial charge is 0.146 e. The van der Waals surface area contributed by atoms with E-state index in [4.69, 9.17) is 9.47 Å². The molecule has 0 aromatic carbocycles. The summed E-state index contributed by atoms with van der Waals surface area (Å²) in [6.45, 7) is 5.10. The molecule has 2 atom stereocenters. The van der Waals surface area contributed by atoms with Crippen LogP contribution in [0.5, 0.6) is 0 Å². The first kappa shape index (κ1) is 9.03. The van der Waals surface area contributed by atoms with Crippen molar-refractivity contribution in [2.24, 2.45) is 0 Å². The maximum Gasteiger partial charge on any atom is 0.146 e. The van der Waals surface area contributed by atoms with Crippen molar-refractivity contribution in [1.29, 1.82) is 0 Å². The van der Waals surface area contributed by atoms with E-state index in [0.29, 0.717) is 0 Å². The van der Waals surface area contributed by atoms with Gasteiger partial charge in [0.15, 0.2) is 0 Å². The van der Waals surface area contributed by atoms with Crippen molar-refractivity contribution in [2.45, 2.75) is 44.6 Å². The van der Waals surface area contributed by atoms with Gasteiger partial charge in [-0.05, 0) is 32.8 Å². The molecule has 2 rings (SSSR count). The largest absolute Gasteiger partial charge is 0.494 e. The molecule has 2 aliphatic rings. The van der Waals surface area contributed by atoms with Gasteiger partial charge in [0.1, 0.15) is 12.3 Å². The molecule has 0 aromatic rings. The maximum absolute atomic E-state index is 5.82. The molecule has 0 bridgehead atoms. The van der Waals surface area contributed by atoms with E-state index in [9.17, 15) is 0 Å². The molecular weight excluding hydrogens is 166 g/mol. The fourth-order valence-electron chi connectivity index (χ4n) is 1.76. The normalized spacial score (nSPS) is 37.4. The van der Waals surface area contributed by atoms with Gasteiger partial charge in [0.05, 0.1) is 11.9 Å². The minimum absolute atomic E-state index is 0.0464. The summed E-state index contributed by atoms with van der Waals surface area (Å²) in [6, 6.07) is 0. The first-order chi connectivity index (χ1) is 6.17. The lowest BCUT2D eigenvalue weighted by Gasteiger charge is -2.26. The van der Waals surface area contributed by atoms with Crippen molar-refractivity contribution >= 4 is 0 Å². The minimum Gasteiger partial charge on any atom is -0.494 e. The summed E-state index contributed by atoms with van der Waals surface area (Å²) in [5.41, 5.74) is -0.0464. The molecule has 3 nitrogen and oxygen atoms in total. The van der Waals surface area contributed by atoms with Crippen LogP contribution in [0.4, 0.5) is 0 Å². The molecule has 0 amide bonds. The summed E-state index contributed by atoms with van der Waals surface area (Å²) in [6.07, 6.45) is 6.23. The Morgan fingerprint density at radius 2 is 2.31 bits per heavy atom. The monoisotopic (exact) mass is 183 g/mol. The molecule has 1 N–H and O–H groups in total. The summed E-state index contributed by atoms with van der Waals surface area (Å²) in [4.78, 5) is 0. The third-order valence-electron chi connectivity index (χ3n) is 2.48. The fourth-order valence-corrected chi connectivity index (χ4v) is 1.76. The van der Waals surface area contributed by atoms with E-state index < -0.39 is 0 Å². The van der Waals surface area contributed by atoms with E-state index in [2.05, 4.69) is 25.2 Å². The molecule has 0 unspecified atom stereocenters. The van der Waals surface area contributed by atoms with Gasteiger partial charge in [0, 0.05) is 6.54 Å². The Labute approximate surface area is 79.1 Å². The van der Waals surface area contributed by atoms with Crippen molar-refractivity contribution in [2.75, 3.05) is 6.54 Å². The molecule has 1 fully saturated rings. The van der Waals surface area contributed by atoms with Crippen LogP contribution in [0.3, 0.4) is 0 Å². The van der Waals surface area contributed by atoms with Crippen LogP contribution in [-0.4, -0.2) is 24.5 Å². The highest BCUT2D eigenvalue weighted by Crippen LogP contribution is 2.23. The molecule has 0 radical (unpaired) electrons. The van der Waals surface area contributed by atoms with Crippen LogP contribution >= 0.6 is 0 Å². The molecule has 0 saturated carbocycles. The lowest BCUT2D eigenvalue weighted by molar-refractivity contribution is -0.0820. The molecular formula is C10H17NO2. The number of nitrogens with one attached hydrogen (secondary N) is 1. The van der Waals surface area contributed by atoms with E-state index >= 15 is 0 Å². The molecule has 2 heterocycles. The third kappa shape index (κ3) is 2.03. The van der Waals surface area contributed by atoms with Gasteiger partial charge in [-0.3, -0.25) is 5.32 Å². The van der Waals surface area contributed by atoms with Gasteiger partial charge in [-0.2, -0.15) is 0 Å². The quantitative estimate of drug-likeness (QED) is 0.666. The number of allylic oxidation sites excluding steroid dienone is 1. The lowest BCUT2D eigenvalue weighted by Crippen LogP contribution is -2.37. The Morgan fingerprint density at radius 3 is 2.85 bits per heavy atom. The summed E-state index contributed by atoms with van der Waals surface area (Å²) < 4.78 is 11.3. The average molecular weight is 183 g/mol. The lowest BCUT2D eigenvalue weighted by atomic mass is 10.1. The predicted octanol–water partition coefficient (Wildman–Crippen LogP) is 1.40. The first-order valence-corrected chi connectivity index (χ1v) is 4.89. The van der Waals surface area contributed by atoms with Gasteiger partial charge < -0.3 is 9.47 Å². The topological polar surface area (TPSA) is 30.5 Å². The van der Waals surface area contributed by atoms with Crippen LogP contribution in [0.2, 0.25) is 0 Å². The third-order valence-corrected chi connectivity index (χ3v) is 2.48. The van der Waals surface area contributed by atoms with E-state index in [0.717, 1.165) is 19.4 Å². The van der Waals surface area contributed by atoms with Crippen molar-refractivity contribution in [1.82, 2.24) is 5.32 Å². The summed E-state index contributed by atoms with van der Waals surface area (Å²) in [5, 5.41) is 3.34. The molecule has 74 valence electrons. The highest BCUT2D eigenvalue weighted by molar-refractivity contribution is 4.90. The summed E-state index contributed by atoms with van der Waals surface area (Å²) in [5.74, 6) is 0. The molecule has 1 saturated heterocycles. The van der Waals surface area contributed by atoms with Crippen LogP contribution in [0.1, 0.15) is 26.7 Å². The zero-order chi connectivity index (χ0) is 9.31. The molecule has 0 spiro atoms. The fraction of sp³-hybridized carbons (Fsp3) is 0.800. The minimum atomic E-state index is -0.0464. The van der Waals surface area contributed by atoms with Crippen LogP contribution < -0.4 is 5.32 Å². The Kier molecular flexibility index (Phi) is 2.30. The van der Waals surface area contributed by atoms with Crippen LogP contribution in [-0.2, 0) is 9.47 Å². The number of ether oxygens (including phenoxy) is 2. The Hall–Kier alpha value is -0.540. The van der Waals surface area contributed by atoms with Crippen molar-refractivity contribution in [3.8, 4) is 0 Å². The van der Waals surface area contributed by atoms with Gasteiger partial charge >= 0.3 is 0 Å². The van der Waals surface area contributed by atoms with Crippen LogP contribution in [0.15, 0.2) is 12.3 Å². The molecule has 13 heavy (non-hydrogen) atoms. The summed E-state index contributed by atoms with van der Waals surface area (Å²) >= 11 is 0. The Balaban J connectivity index is 1.92. The standard InChI is InChI=1S/C10H17NO2/c1-10(2)7-11-9(13-10)8-5-3-4-6-12-8/h4,6,8-9,11H,3,5,7H2,1-2H3/t8-,9-/m0/s1. The molecule has 0 aliphatic carbocycles. The van der Waals surface area contributed by atoms with Gasteiger partial charge in [0.2, 0.25) is 0 Å². The second-order valence-corrected chi connectivity index (χ2v) is 4.30. The van der Waals surface area contributed by atoms with Crippen molar-refractivity contribution in [3.05, 3.63) is 12.3 Å². The number of rotatable bonds is 1. The maximum atomic E-state index is 5.82. The SMILES string of the molecule is CC1(C)CN[C@H]([C@@H]2CCC=CO2)O1. The van der Waals surface area contributed by atoms with E-state index in [-0.39, 0.29) is 17.9 Å². The zero-order valence-electron chi connectivity index (χ0n) is 8.25.